The third-order valence-electron chi connectivity index (χ3n) is 13.4. The van der Waals surface area contributed by atoms with E-state index in [1.165, 1.54) is 6.07 Å². The number of piperidine rings is 3. The number of carbonyl (C=O) groups excluding carboxylic acids is 4. The van der Waals surface area contributed by atoms with Crippen molar-refractivity contribution in [2.24, 2.45) is 5.92 Å². The van der Waals surface area contributed by atoms with E-state index in [1.807, 2.05) is 49.1 Å². The van der Waals surface area contributed by atoms with E-state index >= 15 is 4.39 Å². The number of aryl methyl sites for hydroxylation is 1. The van der Waals surface area contributed by atoms with Crippen LogP contribution >= 0.6 is 0 Å². The maximum Gasteiger partial charge on any atom is 0.252 e. The Morgan fingerprint density at radius 2 is 1.60 bits per heavy atom. The standard InChI is InChI=1S/C51H60FN7O4/c1-33-10-14-38(55-40-31-53-32-40)29-45(33)50(62)54-34(2)41-16-13-36(42-7-3-4-8-44(41)42)12-11-35-20-25-58(26-21-35)24-6-5-9-49(61)59-27-22-37(23-28-59)43-17-15-39(30-46(43)52)56-47-18-19-48(60)57-51(47)63/h3-4,7-8,10,13-17,29-30,34-35,37,40,47,53,55-56H,5-6,9,18-28,31-32H2,1-2H3,(H,54,62)(H,57,60,63). The first kappa shape index (κ1) is 43.9. The second kappa shape index (κ2) is 20.2. The molecule has 2 unspecified atom stereocenters. The number of imide groups is 1. The number of nitrogens with zero attached hydrogens (tertiary/aromatic N) is 2. The van der Waals surface area contributed by atoms with Crippen LogP contribution in [0.15, 0.2) is 72.8 Å². The molecule has 330 valence electrons. The van der Waals surface area contributed by atoms with Crippen molar-refractivity contribution in [2.75, 3.05) is 56.4 Å². The number of carbonyl (C=O) groups is 4. The Morgan fingerprint density at radius 3 is 2.33 bits per heavy atom. The van der Waals surface area contributed by atoms with Crippen molar-refractivity contribution in [3.63, 3.8) is 0 Å². The van der Waals surface area contributed by atoms with Crippen molar-refractivity contribution in [1.82, 2.24) is 25.8 Å². The molecule has 11 nitrogen and oxygen atoms in total. The molecular weight excluding hydrogens is 794 g/mol. The Balaban J connectivity index is 0.753. The summed E-state index contributed by atoms with van der Waals surface area (Å²) in [7, 11) is 0. The number of unbranched alkanes of at least 4 members (excludes halogenated alkanes) is 1. The Morgan fingerprint density at radius 1 is 0.857 bits per heavy atom. The van der Waals surface area contributed by atoms with Gasteiger partial charge in [0.2, 0.25) is 17.7 Å². The van der Waals surface area contributed by atoms with Gasteiger partial charge in [0.25, 0.3) is 5.91 Å². The summed E-state index contributed by atoms with van der Waals surface area (Å²) in [4.78, 5) is 54.6. The van der Waals surface area contributed by atoms with Gasteiger partial charge in [-0.3, -0.25) is 24.5 Å². The van der Waals surface area contributed by atoms with Crippen molar-refractivity contribution in [1.29, 1.82) is 0 Å². The van der Waals surface area contributed by atoms with Gasteiger partial charge >= 0.3 is 0 Å². The fourth-order valence-corrected chi connectivity index (χ4v) is 9.41. The normalized spacial score (nSPS) is 19.4. The van der Waals surface area contributed by atoms with Gasteiger partial charge < -0.3 is 31.1 Å². The fraction of sp³-hybridized carbons (Fsp3) is 0.451. The van der Waals surface area contributed by atoms with Crippen molar-refractivity contribution in [2.45, 2.75) is 95.7 Å². The van der Waals surface area contributed by atoms with E-state index in [4.69, 9.17) is 0 Å². The first-order valence-electron chi connectivity index (χ1n) is 22.9. The highest BCUT2D eigenvalue weighted by Crippen LogP contribution is 2.32. The molecule has 4 aromatic carbocycles. The zero-order valence-electron chi connectivity index (χ0n) is 36.5. The van der Waals surface area contributed by atoms with Crippen LogP contribution in [-0.4, -0.2) is 91.3 Å². The van der Waals surface area contributed by atoms with Crippen LogP contribution in [0.25, 0.3) is 10.8 Å². The molecule has 0 spiro atoms. The first-order chi connectivity index (χ1) is 30.6. The molecule has 4 amide bonds. The number of rotatable bonds is 13. The van der Waals surface area contributed by atoms with E-state index in [2.05, 4.69) is 67.6 Å². The Bertz CT molecular complexity index is 2390. The number of nitrogens with one attached hydrogen (secondary N) is 5. The summed E-state index contributed by atoms with van der Waals surface area (Å²) in [5.74, 6) is 6.59. The highest BCUT2D eigenvalue weighted by Gasteiger charge is 2.29. The third kappa shape index (κ3) is 10.9. The molecule has 2 atom stereocenters. The maximum atomic E-state index is 15.2. The van der Waals surface area contributed by atoms with E-state index in [-0.39, 0.29) is 47.8 Å². The molecule has 4 heterocycles. The lowest BCUT2D eigenvalue weighted by atomic mass is 9.88. The number of fused-ring (bicyclic) bond motifs is 1. The summed E-state index contributed by atoms with van der Waals surface area (Å²) in [5, 5.41) is 17.6. The number of likely N-dealkylation sites (tertiary alicyclic amines) is 2. The summed E-state index contributed by atoms with van der Waals surface area (Å²) in [6.07, 6.45) is 6.47. The van der Waals surface area contributed by atoms with Crippen LogP contribution in [0.1, 0.15) is 109 Å². The number of hydrogen-bond donors (Lipinski definition) is 5. The zero-order chi connectivity index (χ0) is 43.9. The second-order valence-electron chi connectivity index (χ2n) is 17.9. The van der Waals surface area contributed by atoms with Crippen LogP contribution in [0, 0.1) is 30.5 Å². The first-order valence-corrected chi connectivity index (χ1v) is 22.9. The van der Waals surface area contributed by atoms with Crippen LogP contribution in [0.4, 0.5) is 15.8 Å². The van der Waals surface area contributed by atoms with E-state index in [9.17, 15) is 19.2 Å². The molecule has 0 aromatic heterocycles. The Labute approximate surface area is 370 Å². The Hall–Kier alpha value is -5.77. The largest absolute Gasteiger partial charge is 0.380 e. The minimum Gasteiger partial charge on any atom is -0.380 e. The zero-order valence-corrected chi connectivity index (χ0v) is 36.5. The molecule has 12 heteroatoms. The van der Waals surface area contributed by atoms with Gasteiger partial charge in [0.1, 0.15) is 11.9 Å². The molecule has 0 radical (unpaired) electrons. The van der Waals surface area contributed by atoms with Crippen LogP contribution in [0.3, 0.4) is 0 Å². The highest BCUT2D eigenvalue weighted by molar-refractivity contribution is 6.01. The van der Waals surface area contributed by atoms with E-state index in [0.29, 0.717) is 67.5 Å². The van der Waals surface area contributed by atoms with Gasteiger partial charge in [0, 0.05) is 67.4 Å². The molecule has 4 aromatic rings. The van der Waals surface area contributed by atoms with Gasteiger partial charge in [-0.25, -0.2) is 4.39 Å². The number of halogens is 1. The van der Waals surface area contributed by atoms with Crippen LogP contribution in [-0.2, 0) is 14.4 Å². The van der Waals surface area contributed by atoms with Crippen molar-refractivity contribution < 1.29 is 23.6 Å². The van der Waals surface area contributed by atoms with Gasteiger partial charge in [-0.2, -0.15) is 0 Å². The molecule has 4 aliphatic rings. The van der Waals surface area contributed by atoms with Crippen molar-refractivity contribution >= 4 is 45.8 Å². The fourth-order valence-electron chi connectivity index (χ4n) is 9.41. The minimum atomic E-state index is -0.561. The summed E-state index contributed by atoms with van der Waals surface area (Å²) in [6.45, 7) is 10.1. The third-order valence-corrected chi connectivity index (χ3v) is 13.4. The molecule has 4 fully saturated rings. The SMILES string of the molecule is Cc1ccc(NC2CNC2)cc1C(=O)NC(C)c1ccc(C#CC2CCN(CCCCC(=O)N3CCC(c4ccc(NC5CCC(=O)NC5=O)cc4F)CC3)CC2)c2ccccc12. The molecular formula is C51H60FN7O4. The molecule has 0 saturated carbocycles. The average Bonchev–Trinajstić information content (AvgIpc) is 3.27. The molecule has 63 heavy (non-hydrogen) atoms. The lowest BCUT2D eigenvalue weighted by Crippen LogP contribution is -2.51. The van der Waals surface area contributed by atoms with Crippen LogP contribution in [0.2, 0.25) is 0 Å². The monoisotopic (exact) mass is 853 g/mol. The van der Waals surface area contributed by atoms with Gasteiger partial charge in [-0.15, -0.1) is 0 Å². The quantitative estimate of drug-likeness (QED) is 0.0551. The van der Waals surface area contributed by atoms with E-state index in [0.717, 1.165) is 91.6 Å². The summed E-state index contributed by atoms with van der Waals surface area (Å²) < 4.78 is 15.2. The summed E-state index contributed by atoms with van der Waals surface area (Å²) >= 11 is 0. The minimum absolute atomic E-state index is 0.0391. The van der Waals surface area contributed by atoms with Crippen molar-refractivity contribution in [3.05, 3.63) is 106 Å². The maximum absolute atomic E-state index is 15.2. The number of hydrogen-bond acceptors (Lipinski definition) is 8. The van der Waals surface area contributed by atoms with E-state index in [1.54, 1.807) is 12.1 Å². The smallest absolute Gasteiger partial charge is 0.252 e. The predicted molar refractivity (Wildman–Crippen MR) is 246 cm³/mol. The lowest BCUT2D eigenvalue weighted by Gasteiger charge is -2.33. The van der Waals surface area contributed by atoms with Gasteiger partial charge in [0.15, 0.2) is 0 Å². The molecule has 5 N–H and O–H groups in total. The molecule has 4 aliphatic heterocycles. The molecule has 0 bridgehead atoms. The topological polar surface area (TPSA) is 135 Å². The lowest BCUT2D eigenvalue weighted by molar-refractivity contribution is -0.134. The van der Waals surface area contributed by atoms with Crippen molar-refractivity contribution in [3.8, 4) is 11.8 Å². The van der Waals surface area contributed by atoms with Gasteiger partial charge in [0.05, 0.1) is 12.1 Å². The highest BCUT2D eigenvalue weighted by atomic mass is 19.1. The van der Waals surface area contributed by atoms with Gasteiger partial charge in [-0.05, 0) is 142 Å². The van der Waals surface area contributed by atoms with E-state index < -0.39 is 6.04 Å². The number of benzene rings is 4. The summed E-state index contributed by atoms with van der Waals surface area (Å²) in [5.41, 5.74) is 5.82. The number of amides is 4. The predicted octanol–water partition coefficient (Wildman–Crippen LogP) is 7.02. The second-order valence-corrected chi connectivity index (χ2v) is 17.9. The molecule has 4 saturated heterocycles. The number of anilines is 2. The summed E-state index contributed by atoms with van der Waals surface area (Å²) in [6, 6.07) is 23.2. The van der Waals surface area contributed by atoms with Crippen LogP contribution in [0.5, 0.6) is 0 Å². The Kier molecular flexibility index (Phi) is 14.0. The van der Waals surface area contributed by atoms with Gasteiger partial charge in [-0.1, -0.05) is 54.3 Å². The molecule has 0 aliphatic carbocycles. The molecule has 8 rings (SSSR count). The van der Waals surface area contributed by atoms with Crippen LogP contribution < -0.4 is 26.6 Å². The average molecular weight is 854 g/mol.